The van der Waals surface area contributed by atoms with Crippen LogP contribution in [0.3, 0.4) is 0 Å². The Morgan fingerprint density at radius 3 is 2.46 bits per heavy atom. The molecule has 10 unspecified atom stereocenters. The number of fused-ring (bicyclic) bond motifs is 2. The maximum absolute atomic E-state index is 16.3. The monoisotopic (exact) mass is 886 g/mol. The number of aliphatic hydroxyl groups excluding tert-OH is 1. The fourth-order valence-electron chi connectivity index (χ4n) is 6.54. The number of hydrogen-bond acceptors (Lipinski definition) is 17. The number of nitrogens with zero attached hydrogens (tertiary/aromatic N) is 8. The number of anilines is 2. The number of carbonyl (C=O) groups excluding carboxylic acids is 2. The van der Waals surface area contributed by atoms with Crippen LogP contribution in [0.25, 0.3) is 22.3 Å². The first-order chi connectivity index (χ1) is 29.4. The standard InChI is InChI=1S/C35H38FN11O12P2/c1-17(2)30(49)44-35-43-29-24(32(51)45-35)41-16-47(29)34-25(18(3)20(12-48)56-34)59-61(54-11-7-10-37)55-13-21-26(58-60(52)53)22(36)33(57-21)46-15-40-23-27(38-14-39-28(23)46)42-31(50)19-8-5-4-6-9-19/h4-6,8-9,14-18,20-22,25-26,33-34,48H,7,11-13H2,1-3H3,(H3-,38,39,42,43,44,45,49,50,51,52,53)/p+1. The van der Waals surface area contributed by atoms with Gasteiger partial charge in [0.05, 0.1) is 51.1 Å². The van der Waals surface area contributed by atoms with Crippen LogP contribution in [0.4, 0.5) is 16.2 Å². The molecule has 61 heavy (non-hydrogen) atoms. The summed E-state index contributed by atoms with van der Waals surface area (Å²) in [7, 11) is -5.82. The van der Waals surface area contributed by atoms with Crippen molar-refractivity contribution >= 4 is 62.8 Å². The van der Waals surface area contributed by atoms with E-state index in [4.69, 9.17) is 27.6 Å². The topological polar surface area (TPSA) is 302 Å². The van der Waals surface area contributed by atoms with Gasteiger partial charge in [-0.05, 0) is 12.1 Å². The molecular formula is C35H39FN11O12P2+. The van der Waals surface area contributed by atoms with E-state index in [1.54, 1.807) is 51.1 Å². The Bertz CT molecular complexity index is 2490. The molecular weight excluding hydrogens is 847 g/mol. The Kier molecular flexibility index (Phi) is 13.8. The van der Waals surface area contributed by atoms with E-state index in [-0.39, 0.29) is 47.1 Å². The summed E-state index contributed by atoms with van der Waals surface area (Å²) in [5.74, 6) is -1.98. The van der Waals surface area contributed by atoms with Gasteiger partial charge >= 0.3 is 16.9 Å². The molecule has 322 valence electrons. The van der Waals surface area contributed by atoms with Crippen molar-refractivity contribution in [3.05, 3.63) is 65.2 Å². The van der Waals surface area contributed by atoms with E-state index >= 15 is 4.39 Å². The molecule has 2 aliphatic heterocycles. The van der Waals surface area contributed by atoms with Crippen molar-refractivity contribution in [2.45, 2.75) is 70.2 Å². The summed E-state index contributed by atoms with van der Waals surface area (Å²) < 4.78 is 66.4. The first-order valence-electron chi connectivity index (χ1n) is 18.7. The number of aliphatic hydroxyl groups is 1. The molecule has 2 aliphatic rings. The molecule has 26 heteroatoms. The summed E-state index contributed by atoms with van der Waals surface area (Å²) in [5.41, 5.74) is -0.207. The number of aromatic nitrogens is 8. The zero-order valence-corrected chi connectivity index (χ0v) is 34.3. The van der Waals surface area contributed by atoms with Crippen LogP contribution in [0.15, 0.2) is 54.1 Å². The number of imidazole rings is 2. The second-order valence-corrected chi connectivity index (χ2v) is 15.9. The number of hydrogen-bond donors (Lipinski definition) is 5. The highest BCUT2D eigenvalue weighted by Gasteiger charge is 2.53. The molecule has 23 nitrogen and oxygen atoms in total. The fourth-order valence-corrected chi connectivity index (χ4v) is 8.20. The Morgan fingerprint density at radius 2 is 1.75 bits per heavy atom. The van der Waals surface area contributed by atoms with Crippen LogP contribution < -0.4 is 16.2 Å². The zero-order valence-electron chi connectivity index (χ0n) is 32.5. The number of alkyl halides is 1. The molecule has 5 aromatic rings. The lowest BCUT2D eigenvalue weighted by Gasteiger charge is -2.27. The first kappa shape index (κ1) is 43.8. The van der Waals surface area contributed by atoms with E-state index in [0.29, 0.717) is 5.56 Å². The summed E-state index contributed by atoms with van der Waals surface area (Å²) >= 11 is 0. The summed E-state index contributed by atoms with van der Waals surface area (Å²) in [6, 6.07) is 10.3. The molecule has 2 amide bonds. The average Bonchev–Trinajstić information content (AvgIpc) is 4.01. The minimum Gasteiger partial charge on any atom is -0.394 e. The van der Waals surface area contributed by atoms with E-state index in [9.17, 15) is 34.2 Å². The van der Waals surface area contributed by atoms with Crippen LogP contribution in [-0.2, 0) is 36.9 Å². The predicted molar refractivity (Wildman–Crippen MR) is 209 cm³/mol. The third kappa shape index (κ3) is 9.46. The number of amides is 2. The van der Waals surface area contributed by atoms with E-state index in [2.05, 4.69) is 40.5 Å². The first-order valence-corrected chi connectivity index (χ1v) is 20.9. The van der Waals surface area contributed by atoms with E-state index in [1.165, 1.54) is 21.8 Å². The molecule has 2 saturated heterocycles. The van der Waals surface area contributed by atoms with Gasteiger partial charge in [0.15, 0.2) is 52.9 Å². The van der Waals surface area contributed by atoms with Crippen LogP contribution in [0.1, 0.15) is 50.0 Å². The van der Waals surface area contributed by atoms with E-state index in [1.807, 2.05) is 6.07 Å². The average molecular weight is 887 g/mol. The van der Waals surface area contributed by atoms with Crippen LogP contribution in [-0.4, -0.2) is 111 Å². The number of nitrogens with one attached hydrogen (secondary N) is 3. The Morgan fingerprint density at radius 1 is 1.03 bits per heavy atom. The largest absolute Gasteiger partial charge is 0.695 e. The lowest BCUT2D eigenvalue weighted by molar-refractivity contribution is -0.118. The number of carbonyl (C=O) groups is 2. The van der Waals surface area contributed by atoms with Crippen LogP contribution >= 0.6 is 16.9 Å². The fraction of sp³-hybridized carbons (Fsp3) is 0.457. The van der Waals surface area contributed by atoms with E-state index < -0.39 is 102 Å². The molecule has 6 heterocycles. The van der Waals surface area contributed by atoms with Crippen molar-refractivity contribution in [2.75, 3.05) is 30.5 Å². The SMILES string of the molecule is CC(C)C(=O)Nc1nc2c(ncn2C2OC(CO)C(C)C2OP(OCCC#N)OCC2OC(n3cnc4c(NC(=O)c5ccccc5)ncnc43)C(F)C2O[P+](=O)O)c(=O)[nH]1. The Hall–Kier alpha value is -5.31. The van der Waals surface area contributed by atoms with Gasteiger partial charge in [0.25, 0.3) is 11.5 Å². The van der Waals surface area contributed by atoms with Crippen molar-refractivity contribution in [3.8, 4) is 6.07 Å². The number of rotatable bonds is 17. The van der Waals surface area contributed by atoms with Gasteiger partial charge < -0.3 is 33.5 Å². The minimum absolute atomic E-state index is 0.0170. The predicted octanol–water partition coefficient (Wildman–Crippen LogP) is 3.16. The van der Waals surface area contributed by atoms with Crippen molar-refractivity contribution < 1.29 is 56.1 Å². The van der Waals surface area contributed by atoms with Gasteiger partial charge in [-0.1, -0.05) is 39.0 Å². The maximum atomic E-state index is 16.3. The summed E-state index contributed by atoms with van der Waals surface area (Å²) in [6.45, 7) is 3.90. The molecule has 7 rings (SSSR count). The van der Waals surface area contributed by atoms with Gasteiger partial charge in [-0.2, -0.15) is 10.2 Å². The number of aromatic amines is 1. The van der Waals surface area contributed by atoms with E-state index in [0.717, 1.165) is 6.33 Å². The normalized spacial score (nSPS) is 24.6. The lowest BCUT2D eigenvalue weighted by atomic mass is 10.0. The molecule has 0 spiro atoms. The van der Waals surface area contributed by atoms with Crippen LogP contribution in [0.2, 0.25) is 0 Å². The van der Waals surface area contributed by atoms with Crippen molar-refractivity contribution in [3.63, 3.8) is 0 Å². The smallest absolute Gasteiger partial charge is 0.394 e. The molecule has 0 aliphatic carbocycles. The van der Waals surface area contributed by atoms with Crippen molar-refractivity contribution in [1.82, 2.24) is 39.0 Å². The van der Waals surface area contributed by atoms with Crippen LogP contribution in [0.5, 0.6) is 0 Å². The second kappa shape index (κ2) is 19.2. The third-order valence-corrected chi connectivity index (χ3v) is 11.3. The van der Waals surface area contributed by atoms with Crippen LogP contribution in [0, 0.1) is 23.2 Å². The van der Waals surface area contributed by atoms with Gasteiger partial charge in [0.2, 0.25) is 11.9 Å². The Labute approximate surface area is 346 Å². The molecule has 0 bridgehead atoms. The Balaban J connectivity index is 1.12. The highest BCUT2D eigenvalue weighted by molar-refractivity contribution is 7.41. The quantitative estimate of drug-likeness (QED) is 0.0661. The number of ether oxygens (including phenoxy) is 2. The number of benzene rings is 1. The highest BCUT2D eigenvalue weighted by Crippen LogP contribution is 2.50. The molecule has 0 saturated carbocycles. The molecule has 1 aromatic carbocycles. The molecule has 5 N–H and O–H groups in total. The molecule has 0 radical (unpaired) electrons. The highest BCUT2D eigenvalue weighted by atomic mass is 31.2. The third-order valence-electron chi connectivity index (χ3n) is 9.69. The number of H-pyrrole nitrogens is 1. The second-order valence-electron chi connectivity index (χ2n) is 14.0. The summed E-state index contributed by atoms with van der Waals surface area (Å²) in [4.78, 5) is 71.6. The summed E-state index contributed by atoms with van der Waals surface area (Å²) in [5, 5.41) is 24.7. The minimum atomic E-state index is -3.35. The molecule has 4 aromatic heterocycles. The van der Waals surface area contributed by atoms with Gasteiger partial charge in [0.1, 0.15) is 18.5 Å². The number of halogens is 1. The van der Waals surface area contributed by atoms with Gasteiger partial charge in [-0.15, -0.1) is 9.42 Å². The number of nitriles is 1. The van der Waals surface area contributed by atoms with Crippen molar-refractivity contribution in [1.29, 1.82) is 5.26 Å². The maximum Gasteiger partial charge on any atom is 0.695 e. The molecule has 10 atom stereocenters. The summed E-state index contributed by atoms with van der Waals surface area (Å²) in [6.07, 6.45) is -6.06. The van der Waals surface area contributed by atoms with Crippen molar-refractivity contribution in [2.24, 2.45) is 11.8 Å². The molecule has 2 fully saturated rings. The zero-order chi connectivity index (χ0) is 43.4. The van der Waals surface area contributed by atoms with Gasteiger partial charge in [0, 0.05) is 22.0 Å². The van der Waals surface area contributed by atoms with Gasteiger partial charge in [-0.3, -0.25) is 33.8 Å². The lowest BCUT2D eigenvalue weighted by Crippen LogP contribution is -2.33. The van der Waals surface area contributed by atoms with Gasteiger partial charge in [-0.25, -0.2) is 24.3 Å².